The second kappa shape index (κ2) is 13.0. The van der Waals surface area contributed by atoms with Gasteiger partial charge in [0.1, 0.15) is 18.3 Å². The number of hydrogen-bond donors (Lipinski definition) is 3. The normalized spacial score (nSPS) is 18.8. The zero-order valence-corrected chi connectivity index (χ0v) is 24.7. The highest BCUT2D eigenvalue weighted by Gasteiger charge is 2.44. The van der Waals surface area contributed by atoms with E-state index in [1.165, 1.54) is 28.0 Å². The van der Waals surface area contributed by atoms with Gasteiger partial charge in [0.25, 0.3) is 0 Å². The van der Waals surface area contributed by atoms with E-state index >= 15 is 0 Å². The first-order chi connectivity index (χ1) is 20.4. The zero-order chi connectivity index (χ0) is 31.3. The molecule has 0 aliphatic carbocycles. The maximum atomic E-state index is 14.6. The molecule has 1 fully saturated rings. The fraction of sp³-hybridized carbons (Fsp3) is 0.333. The highest BCUT2D eigenvalue weighted by Crippen LogP contribution is 2.43. The first kappa shape index (κ1) is 31.1. The van der Waals surface area contributed by atoms with Crippen molar-refractivity contribution in [2.45, 2.75) is 57.2 Å². The van der Waals surface area contributed by atoms with Gasteiger partial charge in [-0.05, 0) is 74.9 Å². The molecule has 3 aromatic carbocycles. The predicted octanol–water partition coefficient (Wildman–Crippen LogP) is 5.31. The number of anilines is 1. The van der Waals surface area contributed by atoms with Crippen molar-refractivity contribution in [2.75, 3.05) is 18.6 Å². The monoisotopic (exact) mass is 587 g/mol. The van der Waals surface area contributed by atoms with E-state index in [0.717, 1.165) is 11.1 Å². The molecule has 3 unspecified atom stereocenters. The fourth-order valence-electron chi connectivity index (χ4n) is 5.62. The topological polar surface area (TPSA) is 136 Å². The Morgan fingerprint density at radius 1 is 0.953 bits per heavy atom. The van der Waals surface area contributed by atoms with E-state index in [0.29, 0.717) is 12.2 Å². The SMILES string of the molecule is COc1ccccc1C1CC(c2ccccc2)N(CC(=O)O)C(=O)C(N(C(=O)NC(C)(C)C)c2cccc(C(=O)O)c2)C1. The molecule has 10 heteroatoms. The molecule has 1 aliphatic rings. The Kier molecular flexibility index (Phi) is 9.38. The fourth-order valence-corrected chi connectivity index (χ4v) is 5.62. The Hall–Kier alpha value is -4.86. The molecule has 3 amide bonds. The van der Waals surface area contributed by atoms with E-state index in [1.807, 2.05) is 54.6 Å². The molecule has 226 valence electrons. The van der Waals surface area contributed by atoms with Gasteiger partial charge in [-0.3, -0.25) is 14.5 Å². The third-order valence-corrected chi connectivity index (χ3v) is 7.41. The minimum absolute atomic E-state index is 0.0574. The Morgan fingerprint density at radius 3 is 2.26 bits per heavy atom. The predicted molar refractivity (Wildman–Crippen MR) is 161 cm³/mol. The summed E-state index contributed by atoms with van der Waals surface area (Å²) in [4.78, 5) is 55.2. The summed E-state index contributed by atoms with van der Waals surface area (Å²) in [5, 5.41) is 22.5. The van der Waals surface area contributed by atoms with Crippen LogP contribution in [-0.4, -0.2) is 64.2 Å². The van der Waals surface area contributed by atoms with Crippen LogP contribution in [0.3, 0.4) is 0 Å². The van der Waals surface area contributed by atoms with Crippen molar-refractivity contribution in [3.05, 3.63) is 95.6 Å². The van der Waals surface area contributed by atoms with Gasteiger partial charge in [-0.1, -0.05) is 54.6 Å². The molecule has 43 heavy (non-hydrogen) atoms. The van der Waals surface area contributed by atoms with Crippen molar-refractivity contribution in [2.24, 2.45) is 0 Å². The lowest BCUT2D eigenvalue weighted by molar-refractivity contribution is -0.146. The number of amides is 3. The summed E-state index contributed by atoms with van der Waals surface area (Å²) in [6, 6.07) is 20.1. The molecule has 4 rings (SSSR count). The minimum atomic E-state index is -1.19. The van der Waals surface area contributed by atoms with E-state index < -0.39 is 48.0 Å². The Balaban J connectivity index is 1.95. The number of aromatic carboxylic acids is 1. The van der Waals surface area contributed by atoms with E-state index in [4.69, 9.17) is 4.74 Å². The van der Waals surface area contributed by atoms with Crippen LogP contribution in [0.5, 0.6) is 5.75 Å². The van der Waals surface area contributed by atoms with Gasteiger partial charge < -0.3 is 25.2 Å². The van der Waals surface area contributed by atoms with E-state index in [-0.39, 0.29) is 23.6 Å². The van der Waals surface area contributed by atoms with E-state index in [1.54, 1.807) is 33.9 Å². The molecule has 1 heterocycles. The van der Waals surface area contributed by atoms with Gasteiger partial charge in [0, 0.05) is 11.2 Å². The number of likely N-dealkylation sites (tertiary alicyclic amines) is 1. The number of carbonyl (C=O) groups excluding carboxylic acids is 2. The second-order valence-electron chi connectivity index (χ2n) is 11.6. The number of methoxy groups -OCH3 is 1. The maximum Gasteiger partial charge on any atom is 0.335 e. The Morgan fingerprint density at radius 2 is 1.63 bits per heavy atom. The summed E-state index contributed by atoms with van der Waals surface area (Å²) >= 11 is 0. The summed E-state index contributed by atoms with van der Waals surface area (Å²) in [5.41, 5.74) is 1.03. The standard InChI is InChI=1S/C33H37N3O7/c1-33(2,3)34-32(42)36(24-14-10-13-22(17-24)31(40)41)27-19-23(25-15-8-9-16-28(25)43-4)18-26(21-11-6-5-7-12-21)35(30(27)39)20-29(37)38/h5-17,23,26-27H,18-20H2,1-4H3,(H,34,42)(H,37,38)(H,40,41). The summed E-state index contributed by atoms with van der Waals surface area (Å²) in [5.74, 6) is -2.67. The van der Waals surface area contributed by atoms with Crippen LogP contribution < -0.4 is 15.0 Å². The largest absolute Gasteiger partial charge is 0.496 e. The molecule has 0 bridgehead atoms. The van der Waals surface area contributed by atoms with Crippen molar-refractivity contribution in [1.82, 2.24) is 10.2 Å². The number of rotatable bonds is 8. The lowest BCUT2D eigenvalue weighted by atomic mass is 9.85. The molecule has 0 saturated carbocycles. The van der Waals surface area contributed by atoms with Gasteiger partial charge in [-0.25, -0.2) is 9.59 Å². The Labute approximate surface area is 250 Å². The molecule has 0 aromatic heterocycles. The van der Waals surface area contributed by atoms with Gasteiger partial charge in [0.05, 0.1) is 18.7 Å². The van der Waals surface area contributed by atoms with Crippen molar-refractivity contribution >= 4 is 29.6 Å². The number of aliphatic carboxylic acids is 1. The van der Waals surface area contributed by atoms with Crippen LogP contribution in [0.15, 0.2) is 78.9 Å². The number of nitrogens with one attached hydrogen (secondary N) is 1. The third-order valence-electron chi connectivity index (χ3n) is 7.41. The quantitative estimate of drug-likeness (QED) is 0.325. The summed E-state index contributed by atoms with van der Waals surface area (Å²) in [6.07, 6.45) is 0.497. The molecule has 1 saturated heterocycles. The number of ether oxygens (including phenoxy) is 1. The van der Waals surface area contributed by atoms with Crippen LogP contribution in [0.2, 0.25) is 0 Å². The average molecular weight is 588 g/mol. The molecule has 10 nitrogen and oxygen atoms in total. The van der Waals surface area contributed by atoms with Crippen molar-refractivity contribution in [3.8, 4) is 5.75 Å². The molecule has 1 aliphatic heterocycles. The van der Waals surface area contributed by atoms with Crippen molar-refractivity contribution in [3.63, 3.8) is 0 Å². The van der Waals surface area contributed by atoms with E-state index in [9.17, 15) is 29.4 Å². The number of carboxylic acids is 2. The van der Waals surface area contributed by atoms with Crippen molar-refractivity contribution < 1.29 is 34.1 Å². The third kappa shape index (κ3) is 7.32. The number of urea groups is 1. The van der Waals surface area contributed by atoms with Gasteiger partial charge >= 0.3 is 18.0 Å². The lowest BCUT2D eigenvalue weighted by Crippen LogP contribution is -2.57. The first-order valence-corrected chi connectivity index (χ1v) is 14.0. The number of carboxylic acid groups (broad SMARTS) is 2. The van der Waals surface area contributed by atoms with Gasteiger partial charge in [0.2, 0.25) is 5.91 Å². The van der Waals surface area contributed by atoms with Crippen LogP contribution in [-0.2, 0) is 9.59 Å². The second-order valence-corrected chi connectivity index (χ2v) is 11.6. The smallest absolute Gasteiger partial charge is 0.335 e. The maximum absolute atomic E-state index is 14.6. The van der Waals surface area contributed by atoms with Crippen LogP contribution in [0.4, 0.5) is 10.5 Å². The van der Waals surface area contributed by atoms with Crippen LogP contribution in [0.1, 0.15) is 67.1 Å². The van der Waals surface area contributed by atoms with Gasteiger partial charge in [-0.2, -0.15) is 0 Å². The molecule has 3 atom stereocenters. The van der Waals surface area contributed by atoms with Crippen molar-refractivity contribution in [1.29, 1.82) is 0 Å². The highest BCUT2D eigenvalue weighted by atomic mass is 16.5. The molecular weight excluding hydrogens is 550 g/mol. The number of benzene rings is 3. The van der Waals surface area contributed by atoms with Crippen LogP contribution in [0.25, 0.3) is 0 Å². The molecule has 3 aromatic rings. The van der Waals surface area contributed by atoms with Crippen LogP contribution >= 0.6 is 0 Å². The number of carbonyl (C=O) groups is 4. The lowest BCUT2D eigenvalue weighted by Gasteiger charge is -2.36. The Bertz CT molecular complexity index is 1490. The van der Waals surface area contributed by atoms with Gasteiger partial charge in [-0.15, -0.1) is 0 Å². The van der Waals surface area contributed by atoms with Crippen LogP contribution in [0, 0.1) is 0 Å². The highest BCUT2D eigenvalue weighted by molar-refractivity contribution is 6.02. The molecule has 0 spiro atoms. The minimum Gasteiger partial charge on any atom is -0.496 e. The zero-order valence-electron chi connectivity index (χ0n) is 24.7. The number of para-hydroxylation sites is 1. The van der Waals surface area contributed by atoms with Gasteiger partial charge in [0.15, 0.2) is 0 Å². The molecular formula is C33H37N3O7. The molecule has 3 N–H and O–H groups in total. The van der Waals surface area contributed by atoms with E-state index in [2.05, 4.69) is 5.32 Å². The first-order valence-electron chi connectivity index (χ1n) is 14.0. The summed E-state index contributed by atoms with van der Waals surface area (Å²) < 4.78 is 5.68. The molecule has 0 radical (unpaired) electrons. The summed E-state index contributed by atoms with van der Waals surface area (Å²) in [7, 11) is 1.56. The average Bonchev–Trinajstić information content (AvgIpc) is 3.09. The summed E-state index contributed by atoms with van der Waals surface area (Å²) in [6.45, 7) is 4.81. The number of hydrogen-bond acceptors (Lipinski definition) is 5. The number of nitrogens with zero attached hydrogens (tertiary/aromatic N) is 2.